The van der Waals surface area contributed by atoms with E-state index in [4.69, 9.17) is 0 Å². The minimum Gasteiger partial charge on any atom is -0.382 e. The molecule has 1 aliphatic rings. The van der Waals surface area contributed by atoms with Crippen LogP contribution < -0.4 is 10.0 Å². The number of sulfonamides is 1. The maximum atomic E-state index is 12.9. The highest BCUT2D eigenvalue weighted by atomic mass is 32.2. The van der Waals surface area contributed by atoms with Gasteiger partial charge in [0.25, 0.3) is 10.0 Å². The van der Waals surface area contributed by atoms with Crippen LogP contribution in [0.15, 0.2) is 87.5 Å². The number of hydrogen-bond donors (Lipinski definition) is 2. The van der Waals surface area contributed by atoms with Crippen molar-refractivity contribution in [3.63, 3.8) is 0 Å². The Hall–Kier alpha value is -2.44. The summed E-state index contributed by atoms with van der Waals surface area (Å²) >= 11 is 1.53. The number of nitrogens with one attached hydrogen (secondary N) is 2. The molecule has 3 aromatic carbocycles. The van der Waals surface area contributed by atoms with Crippen molar-refractivity contribution in [2.75, 3.05) is 10.0 Å². The Labute approximate surface area is 164 Å². The largest absolute Gasteiger partial charge is 0.382 e. The summed E-state index contributed by atoms with van der Waals surface area (Å²) in [7, 11) is -3.66. The van der Waals surface area contributed by atoms with Gasteiger partial charge in [0.05, 0.1) is 10.6 Å². The summed E-state index contributed by atoms with van der Waals surface area (Å²) < 4.78 is 28.7. The van der Waals surface area contributed by atoms with Gasteiger partial charge in [-0.3, -0.25) is 4.72 Å². The summed E-state index contributed by atoms with van der Waals surface area (Å²) in [5.41, 5.74) is 2.64. The normalized spacial score (nSPS) is 15.8. The molecule has 1 aliphatic heterocycles. The van der Waals surface area contributed by atoms with E-state index in [9.17, 15) is 8.42 Å². The van der Waals surface area contributed by atoms with Crippen LogP contribution in [0, 0.1) is 0 Å². The van der Waals surface area contributed by atoms with Gasteiger partial charge in [-0.15, -0.1) is 0 Å². The smallest absolute Gasteiger partial charge is 0.261 e. The Bertz CT molecular complexity index is 1070. The molecule has 4 nitrogen and oxygen atoms in total. The lowest BCUT2D eigenvalue weighted by molar-refractivity contribution is 0.601. The summed E-state index contributed by atoms with van der Waals surface area (Å²) in [5, 5.41) is 3.34. The van der Waals surface area contributed by atoms with E-state index in [1.54, 1.807) is 18.2 Å². The molecule has 0 amide bonds. The summed E-state index contributed by atoms with van der Waals surface area (Å²) in [5.74, 6) is 0. The highest BCUT2D eigenvalue weighted by Gasteiger charge is 2.22. The number of benzene rings is 3. The zero-order chi connectivity index (χ0) is 18.9. The maximum absolute atomic E-state index is 12.9. The first kappa shape index (κ1) is 17.9. The summed E-state index contributed by atoms with van der Waals surface area (Å²) in [4.78, 5) is 2.21. The third-order valence-electron chi connectivity index (χ3n) is 4.42. The molecule has 0 aromatic heterocycles. The van der Waals surface area contributed by atoms with Crippen molar-refractivity contribution >= 4 is 33.2 Å². The molecule has 6 heteroatoms. The highest BCUT2D eigenvalue weighted by molar-refractivity contribution is 7.99. The first-order valence-corrected chi connectivity index (χ1v) is 11.1. The molecule has 27 heavy (non-hydrogen) atoms. The van der Waals surface area contributed by atoms with Crippen LogP contribution in [0.3, 0.4) is 0 Å². The second-order valence-electron chi connectivity index (χ2n) is 6.59. The van der Waals surface area contributed by atoms with Crippen LogP contribution in [0.2, 0.25) is 0 Å². The van der Waals surface area contributed by atoms with Crippen LogP contribution in [0.25, 0.3) is 0 Å². The quantitative estimate of drug-likeness (QED) is 0.637. The lowest BCUT2D eigenvalue weighted by atomic mass is 10.1. The second kappa shape index (κ2) is 7.29. The van der Waals surface area contributed by atoms with Crippen LogP contribution in [0.1, 0.15) is 12.5 Å². The van der Waals surface area contributed by atoms with Gasteiger partial charge in [0.15, 0.2) is 0 Å². The molecule has 0 aliphatic carbocycles. The van der Waals surface area contributed by atoms with Crippen molar-refractivity contribution in [3.8, 4) is 0 Å². The Morgan fingerprint density at radius 2 is 1.74 bits per heavy atom. The molecular formula is C21H20N2O2S2. The van der Waals surface area contributed by atoms with Crippen LogP contribution >= 0.6 is 11.8 Å². The molecule has 0 fully saturated rings. The molecule has 4 rings (SSSR count). The fourth-order valence-corrected chi connectivity index (χ4v) is 5.27. The van der Waals surface area contributed by atoms with E-state index in [0.29, 0.717) is 11.7 Å². The van der Waals surface area contributed by atoms with Crippen LogP contribution in [-0.2, 0) is 16.4 Å². The minimum absolute atomic E-state index is 0.289. The third kappa shape index (κ3) is 3.96. The predicted octanol–water partition coefficient (Wildman–Crippen LogP) is 5.00. The van der Waals surface area contributed by atoms with Crippen LogP contribution in [0.4, 0.5) is 11.4 Å². The SMILES string of the molecule is CC1Cc2cc(S(=O)(=O)Nc3ccccc3Sc3ccccc3)ccc2N1. The average molecular weight is 397 g/mol. The minimum atomic E-state index is -3.66. The van der Waals surface area contributed by atoms with Crippen molar-refractivity contribution in [3.05, 3.63) is 78.4 Å². The second-order valence-corrected chi connectivity index (χ2v) is 9.38. The van der Waals surface area contributed by atoms with E-state index in [1.165, 1.54) is 11.8 Å². The first-order chi connectivity index (χ1) is 13.0. The Balaban J connectivity index is 1.61. The molecule has 1 heterocycles. The van der Waals surface area contributed by atoms with Gasteiger partial charge in [-0.05, 0) is 61.4 Å². The van der Waals surface area contributed by atoms with Gasteiger partial charge in [0.1, 0.15) is 0 Å². The fraction of sp³-hybridized carbons (Fsp3) is 0.143. The van der Waals surface area contributed by atoms with Crippen molar-refractivity contribution < 1.29 is 8.42 Å². The predicted molar refractivity (Wildman–Crippen MR) is 111 cm³/mol. The number of rotatable bonds is 5. The molecule has 138 valence electrons. The van der Waals surface area contributed by atoms with Crippen LogP contribution in [-0.4, -0.2) is 14.5 Å². The molecule has 0 spiro atoms. The zero-order valence-electron chi connectivity index (χ0n) is 14.8. The first-order valence-electron chi connectivity index (χ1n) is 8.75. The van der Waals surface area contributed by atoms with Gasteiger partial charge in [0.2, 0.25) is 0 Å². The summed E-state index contributed by atoms with van der Waals surface area (Å²) in [6.07, 6.45) is 0.832. The number of anilines is 2. The van der Waals surface area contributed by atoms with E-state index < -0.39 is 10.0 Å². The topological polar surface area (TPSA) is 58.2 Å². The molecule has 0 saturated carbocycles. The number of fused-ring (bicyclic) bond motifs is 1. The highest BCUT2D eigenvalue weighted by Crippen LogP contribution is 2.35. The van der Waals surface area contributed by atoms with Crippen LogP contribution in [0.5, 0.6) is 0 Å². The Morgan fingerprint density at radius 1 is 1.00 bits per heavy atom. The number of para-hydroxylation sites is 1. The van der Waals surface area contributed by atoms with Gasteiger partial charge >= 0.3 is 0 Å². The lowest BCUT2D eigenvalue weighted by Crippen LogP contribution is -2.13. The monoisotopic (exact) mass is 396 g/mol. The van der Waals surface area contributed by atoms with Gasteiger partial charge in [-0.1, -0.05) is 42.1 Å². The Kier molecular flexibility index (Phi) is 4.85. The van der Waals surface area contributed by atoms with E-state index in [2.05, 4.69) is 17.0 Å². The van der Waals surface area contributed by atoms with E-state index >= 15 is 0 Å². The van der Waals surface area contributed by atoms with Gasteiger partial charge in [-0.2, -0.15) is 0 Å². The van der Waals surface area contributed by atoms with Crippen molar-refractivity contribution in [2.24, 2.45) is 0 Å². The van der Waals surface area contributed by atoms with Crippen molar-refractivity contribution in [1.82, 2.24) is 0 Å². The zero-order valence-corrected chi connectivity index (χ0v) is 16.5. The lowest BCUT2D eigenvalue weighted by Gasteiger charge is -2.13. The molecule has 0 saturated heterocycles. The summed E-state index contributed by atoms with van der Waals surface area (Å²) in [6, 6.07) is 22.9. The van der Waals surface area contributed by atoms with Gasteiger partial charge in [-0.25, -0.2) is 8.42 Å². The van der Waals surface area contributed by atoms with Crippen molar-refractivity contribution in [1.29, 1.82) is 0 Å². The fourth-order valence-electron chi connectivity index (χ4n) is 3.15. The summed E-state index contributed by atoms with van der Waals surface area (Å²) in [6.45, 7) is 2.09. The van der Waals surface area contributed by atoms with Gasteiger partial charge < -0.3 is 5.32 Å². The van der Waals surface area contributed by atoms with E-state index in [-0.39, 0.29) is 4.90 Å². The standard InChI is InChI=1S/C21H20N2O2S2/c1-15-13-16-14-18(11-12-19(16)22-15)27(24,25)23-20-9-5-6-10-21(20)26-17-7-3-2-4-8-17/h2-12,14-15,22-23H,13H2,1H3. The molecule has 0 radical (unpaired) electrons. The molecule has 3 aromatic rings. The van der Waals surface area contributed by atoms with Crippen molar-refractivity contribution in [2.45, 2.75) is 34.1 Å². The molecule has 0 bridgehead atoms. The molecule has 2 N–H and O–H groups in total. The van der Waals surface area contributed by atoms with E-state index in [1.807, 2.05) is 54.6 Å². The average Bonchev–Trinajstić information content (AvgIpc) is 3.03. The molecule has 1 unspecified atom stereocenters. The van der Waals surface area contributed by atoms with Gasteiger partial charge in [0, 0.05) is 21.5 Å². The van der Waals surface area contributed by atoms with E-state index in [0.717, 1.165) is 27.5 Å². The number of hydrogen-bond acceptors (Lipinski definition) is 4. The molecule has 1 atom stereocenters. The molecular weight excluding hydrogens is 376 g/mol. The Morgan fingerprint density at radius 3 is 2.56 bits per heavy atom. The maximum Gasteiger partial charge on any atom is 0.261 e. The third-order valence-corrected chi connectivity index (χ3v) is 6.86.